The lowest BCUT2D eigenvalue weighted by atomic mass is 9.84. The standard InChI is InChI=1S/C23H21Cl2N/c1-26-23-18-10-6-5-9-17(18)19(16-11-12-21(24)22(25)13-16)14-20(23)15-7-3-2-4-8-15/h3,5-7,9-15,26H,2,4,8H2,1H3. The van der Waals surface area contributed by atoms with Gasteiger partial charge in [0.2, 0.25) is 0 Å². The van der Waals surface area contributed by atoms with Crippen molar-refractivity contribution in [1.29, 1.82) is 0 Å². The second-order valence-corrected chi connectivity index (χ2v) is 7.59. The molecule has 0 bridgehead atoms. The lowest BCUT2D eigenvalue weighted by Gasteiger charge is -2.23. The summed E-state index contributed by atoms with van der Waals surface area (Å²) in [5.41, 5.74) is 4.87. The third kappa shape index (κ3) is 3.11. The maximum atomic E-state index is 6.31. The van der Waals surface area contributed by atoms with Crippen molar-refractivity contribution in [3.63, 3.8) is 0 Å². The molecule has 1 unspecified atom stereocenters. The summed E-state index contributed by atoms with van der Waals surface area (Å²) in [5, 5.41) is 7.09. The number of anilines is 1. The van der Waals surface area contributed by atoms with Crippen LogP contribution in [-0.2, 0) is 0 Å². The van der Waals surface area contributed by atoms with E-state index in [0.29, 0.717) is 16.0 Å². The minimum atomic E-state index is 0.442. The summed E-state index contributed by atoms with van der Waals surface area (Å²) in [6, 6.07) is 16.8. The summed E-state index contributed by atoms with van der Waals surface area (Å²) in [5.74, 6) is 0.442. The molecule has 0 amide bonds. The number of hydrogen-bond donors (Lipinski definition) is 1. The molecule has 1 aliphatic carbocycles. The van der Waals surface area contributed by atoms with Crippen LogP contribution in [-0.4, -0.2) is 7.05 Å². The van der Waals surface area contributed by atoms with Crippen molar-refractivity contribution >= 4 is 39.7 Å². The molecule has 0 aromatic heterocycles. The molecule has 0 saturated carbocycles. The maximum Gasteiger partial charge on any atom is 0.0598 e. The Bertz CT molecular complexity index is 991. The molecular weight excluding hydrogens is 361 g/mol. The Kier molecular flexibility index (Phi) is 4.93. The molecule has 3 aromatic rings. The first kappa shape index (κ1) is 17.5. The number of rotatable bonds is 3. The second kappa shape index (κ2) is 7.34. The Morgan fingerprint density at radius 1 is 0.962 bits per heavy atom. The van der Waals surface area contributed by atoms with Crippen LogP contribution in [0.1, 0.15) is 30.7 Å². The molecular formula is C23H21Cl2N. The molecule has 0 radical (unpaired) electrons. The highest BCUT2D eigenvalue weighted by molar-refractivity contribution is 6.42. The van der Waals surface area contributed by atoms with Crippen LogP contribution >= 0.6 is 23.2 Å². The van der Waals surface area contributed by atoms with E-state index in [9.17, 15) is 0 Å². The van der Waals surface area contributed by atoms with E-state index in [0.717, 1.165) is 5.56 Å². The minimum Gasteiger partial charge on any atom is -0.387 e. The van der Waals surface area contributed by atoms with E-state index in [1.54, 1.807) is 0 Å². The van der Waals surface area contributed by atoms with Crippen LogP contribution < -0.4 is 5.32 Å². The highest BCUT2D eigenvalue weighted by Gasteiger charge is 2.19. The molecule has 1 atom stereocenters. The van der Waals surface area contributed by atoms with Gasteiger partial charge in [0, 0.05) is 24.0 Å². The summed E-state index contributed by atoms with van der Waals surface area (Å²) in [4.78, 5) is 0. The third-order valence-electron chi connectivity index (χ3n) is 5.21. The van der Waals surface area contributed by atoms with E-state index in [2.05, 4.69) is 53.9 Å². The van der Waals surface area contributed by atoms with Gasteiger partial charge < -0.3 is 5.32 Å². The van der Waals surface area contributed by atoms with Crippen LogP contribution in [0.2, 0.25) is 10.0 Å². The molecule has 132 valence electrons. The van der Waals surface area contributed by atoms with Gasteiger partial charge in [-0.05, 0) is 59.5 Å². The Hall–Kier alpha value is -1.96. The summed E-state index contributed by atoms with van der Waals surface area (Å²) in [7, 11) is 2.01. The van der Waals surface area contributed by atoms with Crippen LogP contribution in [0, 0.1) is 0 Å². The molecule has 3 aromatic carbocycles. The van der Waals surface area contributed by atoms with Gasteiger partial charge in [0.05, 0.1) is 10.0 Å². The van der Waals surface area contributed by atoms with Gasteiger partial charge in [0.25, 0.3) is 0 Å². The van der Waals surface area contributed by atoms with Crippen LogP contribution in [0.25, 0.3) is 21.9 Å². The van der Waals surface area contributed by atoms with Crippen LogP contribution in [0.5, 0.6) is 0 Å². The molecule has 0 spiro atoms. The topological polar surface area (TPSA) is 12.0 Å². The number of halogens is 2. The largest absolute Gasteiger partial charge is 0.387 e. The van der Waals surface area contributed by atoms with Gasteiger partial charge in [-0.3, -0.25) is 0 Å². The average molecular weight is 382 g/mol. The molecule has 26 heavy (non-hydrogen) atoms. The Morgan fingerprint density at radius 2 is 1.77 bits per heavy atom. The monoisotopic (exact) mass is 381 g/mol. The molecule has 1 nitrogen and oxygen atoms in total. The van der Waals surface area contributed by atoms with Gasteiger partial charge in [-0.25, -0.2) is 0 Å². The summed E-state index contributed by atoms with van der Waals surface area (Å²) in [6.45, 7) is 0. The Labute approximate surface area is 164 Å². The van der Waals surface area contributed by atoms with Crippen molar-refractivity contribution in [2.24, 2.45) is 0 Å². The number of hydrogen-bond acceptors (Lipinski definition) is 1. The molecule has 0 saturated heterocycles. The fourth-order valence-electron chi connectivity index (χ4n) is 3.94. The summed E-state index contributed by atoms with van der Waals surface area (Å²) < 4.78 is 0. The molecule has 0 fully saturated rings. The minimum absolute atomic E-state index is 0.442. The van der Waals surface area contributed by atoms with E-state index in [1.165, 1.54) is 46.8 Å². The first-order valence-corrected chi connectivity index (χ1v) is 9.80. The Balaban J connectivity index is 2.01. The summed E-state index contributed by atoms with van der Waals surface area (Å²) in [6.07, 6.45) is 8.26. The molecule has 1 N–H and O–H groups in total. The van der Waals surface area contributed by atoms with Crippen molar-refractivity contribution in [2.75, 3.05) is 12.4 Å². The smallest absolute Gasteiger partial charge is 0.0598 e. The van der Waals surface area contributed by atoms with Gasteiger partial charge in [-0.15, -0.1) is 0 Å². The van der Waals surface area contributed by atoms with Crippen molar-refractivity contribution in [1.82, 2.24) is 0 Å². The van der Waals surface area contributed by atoms with Crippen LogP contribution in [0.4, 0.5) is 5.69 Å². The molecule has 3 heteroatoms. The van der Waals surface area contributed by atoms with Crippen LogP contribution in [0.15, 0.2) is 60.7 Å². The zero-order valence-corrected chi connectivity index (χ0v) is 16.2. The quantitative estimate of drug-likeness (QED) is 0.458. The van der Waals surface area contributed by atoms with Crippen molar-refractivity contribution in [3.05, 3.63) is 76.3 Å². The fraction of sp³-hybridized carbons (Fsp3) is 0.217. The van der Waals surface area contributed by atoms with Gasteiger partial charge in [-0.2, -0.15) is 0 Å². The van der Waals surface area contributed by atoms with Gasteiger partial charge in [-0.1, -0.05) is 65.7 Å². The molecule has 0 aliphatic heterocycles. The summed E-state index contributed by atoms with van der Waals surface area (Å²) >= 11 is 12.4. The highest BCUT2D eigenvalue weighted by Crippen LogP contribution is 2.42. The van der Waals surface area contributed by atoms with E-state index in [-0.39, 0.29) is 0 Å². The fourth-order valence-corrected chi connectivity index (χ4v) is 4.24. The lowest BCUT2D eigenvalue weighted by molar-refractivity contribution is 0.656. The number of nitrogens with one attached hydrogen (secondary N) is 1. The first-order valence-electron chi connectivity index (χ1n) is 9.04. The first-order chi connectivity index (χ1) is 12.7. The normalized spacial score (nSPS) is 16.8. The van der Waals surface area contributed by atoms with Gasteiger partial charge in [0.1, 0.15) is 0 Å². The van der Waals surface area contributed by atoms with Crippen molar-refractivity contribution < 1.29 is 0 Å². The van der Waals surface area contributed by atoms with Crippen molar-refractivity contribution in [2.45, 2.75) is 25.2 Å². The Morgan fingerprint density at radius 3 is 2.46 bits per heavy atom. The van der Waals surface area contributed by atoms with Crippen LogP contribution in [0.3, 0.4) is 0 Å². The zero-order chi connectivity index (χ0) is 18.1. The zero-order valence-electron chi connectivity index (χ0n) is 14.7. The molecule has 1 aliphatic rings. The highest BCUT2D eigenvalue weighted by atomic mass is 35.5. The number of fused-ring (bicyclic) bond motifs is 1. The number of benzene rings is 3. The maximum absolute atomic E-state index is 6.31. The van der Waals surface area contributed by atoms with E-state index < -0.39 is 0 Å². The second-order valence-electron chi connectivity index (χ2n) is 6.78. The molecule has 0 heterocycles. The van der Waals surface area contributed by atoms with E-state index >= 15 is 0 Å². The van der Waals surface area contributed by atoms with E-state index in [1.807, 2.05) is 19.2 Å². The third-order valence-corrected chi connectivity index (χ3v) is 5.95. The predicted molar refractivity (Wildman–Crippen MR) is 115 cm³/mol. The van der Waals surface area contributed by atoms with Gasteiger partial charge in [0.15, 0.2) is 0 Å². The van der Waals surface area contributed by atoms with Gasteiger partial charge >= 0.3 is 0 Å². The lowest BCUT2D eigenvalue weighted by Crippen LogP contribution is -2.05. The SMILES string of the molecule is CNc1c(C2C=CCCC2)cc(-c2ccc(Cl)c(Cl)c2)c2ccccc12. The predicted octanol–water partition coefficient (Wildman–Crippen LogP) is 7.68. The van der Waals surface area contributed by atoms with Crippen molar-refractivity contribution in [3.8, 4) is 11.1 Å². The van der Waals surface area contributed by atoms with E-state index in [4.69, 9.17) is 23.2 Å². The number of allylic oxidation sites excluding steroid dienone is 2. The average Bonchev–Trinajstić information content (AvgIpc) is 2.69. The molecule has 4 rings (SSSR count).